The number of hydrogen-bond acceptors (Lipinski definition) is 4. The number of amides is 1. The number of anilines is 1. The van der Waals surface area contributed by atoms with Crippen LogP contribution in [0.3, 0.4) is 0 Å². The van der Waals surface area contributed by atoms with E-state index in [4.69, 9.17) is 0 Å². The van der Waals surface area contributed by atoms with E-state index in [1.54, 1.807) is 11.3 Å². The molecule has 5 heteroatoms. The highest BCUT2D eigenvalue weighted by atomic mass is 32.1. The fourth-order valence-electron chi connectivity index (χ4n) is 2.40. The third-order valence-electron chi connectivity index (χ3n) is 3.40. The molecule has 0 radical (unpaired) electrons. The van der Waals surface area contributed by atoms with Gasteiger partial charge in [-0.15, -0.1) is 22.7 Å². The Balaban J connectivity index is 1.64. The number of thiazole rings is 1. The summed E-state index contributed by atoms with van der Waals surface area (Å²) in [6.07, 6.45) is 0. The summed E-state index contributed by atoms with van der Waals surface area (Å²) in [5.74, 6) is -0.0678. The quantitative estimate of drug-likeness (QED) is 0.559. The molecule has 3 nitrogen and oxygen atoms in total. The Kier molecular flexibility index (Phi) is 3.17. The van der Waals surface area contributed by atoms with Gasteiger partial charge in [0.25, 0.3) is 5.91 Å². The average Bonchev–Trinajstić information content (AvgIpc) is 3.08. The molecule has 2 aromatic heterocycles. The van der Waals surface area contributed by atoms with Crippen molar-refractivity contribution in [2.24, 2.45) is 0 Å². The monoisotopic (exact) mass is 324 g/mol. The Morgan fingerprint density at radius 3 is 2.77 bits per heavy atom. The van der Waals surface area contributed by atoms with Crippen LogP contribution in [0.1, 0.15) is 14.7 Å². The lowest BCUT2D eigenvalue weighted by molar-refractivity contribution is 0.103. The molecule has 0 saturated heterocycles. The number of benzene rings is 2. The number of carbonyl (C=O) groups is 1. The molecule has 0 aliphatic rings. The zero-order chi connectivity index (χ0) is 15.1. The predicted octanol–water partition coefficient (Wildman–Crippen LogP) is 5.07. The number of carbonyl (C=O) groups excluding carboxylic acids is 1. The normalized spacial score (nSPS) is 11.1. The van der Waals surface area contributed by atoms with Gasteiger partial charge < -0.3 is 5.32 Å². The largest absolute Gasteiger partial charge is 0.321 e. The molecular weight excluding hydrogens is 312 g/mol. The fourth-order valence-corrected chi connectivity index (χ4v) is 4.23. The van der Waals surface area contributed by atoms with Crippen molar-refractivity contribution in [2.45, 2.75) is 6.92 Å². The summed E-state index contributed by atoms with van der Waals surface area (Å²) in [5.41, 5.74) is 1.78. The van der Waals surface area contributed by atoms with Crippen molar-refractivity contribution < 1.29 is 4.79 Å². The lowest BCUT2D eigenvalue weighted by atomic mass is 10.2. The van der Waals surface area contributed by atoms with Crippen molar-refractivity contribution in [2.75, 3.05) is 5.32 Å². The van der Waals surface area contributed by atoms with Gasteiger partial charge in [-0.25, -0.2) is 4.98 Å². The summed E-state index contributed by atoms with van der Waals surface area (Å²) >= 11 is 3.14. The SMILES string of the molecule is Cc1nc2ccc(NC(=O)c3cc4ccccc4s3)cc2s1. The first-order valence-corrected chi connectivity index (χ1v) is 8.49. The van der Waals surface area contributed by atoms with Crippen LogP contribution in [0.15, 0.2) is 48.5 Å². The van der Waals surface area contributed by atoms with Gasteiger partial charge in [0, 0.05) is 10.4 Å². The Hall–Kier alpha value is -2.24. The third kappa shape index (κ3) is 2.38. The van der Waals surface area contributed by atoms with Crippen LogP contribution in [0, 0.1) is 6.92 Å². The van der Waals surface area contributed by atoms with Crippen molar-refractivity contribution in [1.82, 2.24) is 4.98 Å². The molecule has 2 heterocycles. The van der Waals surface area contributed by atoms with Crippen LogP contribution >= 0.6 is 22.7 Å². The predicted molar refractivity (Wildman–Crippen MR) is 94.1 cm³/mol. The highest BCUT2D eigenvalue weighted by Crippen LogP contribution is 2.28. The summed E-state index contributed by atoms with van der Waals surface area (Å²) in [4.78, 5) is 17.6. The zero-order valence-corrected chi connectivity index (χ0v) is 13.4. The molecule has 0 saturated carbocycles. The van der Waals surface area contributed by atoms with Crippen LogP contribution in [0.5, 0.6) is 0 Å². The van der Waals surface area contributed by atoms with E-state index in [1.807, 2.05) is 55.5 Å². The van der Waals surface area contributed by atoms with E-state index in [0.717, 1.165) is 35.9 Å². The number of nitrogens with one attached hydrogen (secondary N) is 1. The number of rotatable bonds is 2. The van der Waals surface area contributed by atoms with Gasteiger partial charge in [-0.2, -0.15) is 0 Å². The number of nitrogens with zero attached hydrogens (tertiary/aromatic N) is 1. The first kappa shape index (κ1) is 13.4. The van der Waals surface area contributed by atoms with E-state index in [2.05, 4.69) is 10.3 Å². The maximum Gasteiger partial charge on any atom is 0.265 e. The molecule has 0 atom stereocenters. The summed E-state index contributed by atoms with van der Waals surface area (Å²) in [6, 6.07) is 15.8. The number of aryl methyl sites for hydroxylation is 1. The highest BCUT2D eigenvalue weighted by molar-refractivity contribution is 7.21. The van der Waals surface area contributed by atoms with Crippen molar-refractivity contribution in [1.29, 1.82) is 0 Å². The molecule has 0 aliphatic carbocycles. The van der Waals surface area contributed by atoms with Gasteiger partial charge in [0.2, 0.25) is 0 Å². The minimum atomic E-state index is -0.0678. The molecule has 0 aliphatic heterocycles. The van der Waals surface area contributed by atoms with Crippen LogP contribution in [0.2, 0.25) is 0 Å². The molecule has 0 unspecified atom stereocenters. The topological polar surface area (TPSA) is 42.0 Å². The Morgan fingerprint density at radius 2 is 1.91 bits per heavy atom. The number of fused-ring (bicyclic) bond motifs is 2. The first-order valence-electron chi connectivity index (χ1n) is 6.86. The van der Waals surface area contributed by atoms with Crippen molar-refractivity contribution in [3.8, 4) is 0 Å². The average molecular weight is 324 g/mol. The maximum absolute atomic E-state index is 12.4. The lowest BCUT2D eigenvalue weighted by Gasteiger charge is -2.02. The van der Waals surface area contributed by atoms with Gasteiger partial charge in [-0.3, -0.25) is 4.79 Å². The lowest BCUT2D eigenvalue weighted by Crippen LogP contribution is -2.09. The van der Waals surface area contributed by atoms with E-state index >= 15 is 0 Å². The van der Waals surface area contributed by atoms with Gasteiger partial charge >= 0.3 is 0 Å². The molecule has 1 N–H and O–H groups in total. The summed E-state index contributed by atoms with van der Waals surface area (Å²) in [5, 5.41) is 5.10. The fraction of sp³-hybridized carbons (Fsp3) is 0.0588. The minimum absolute atomic E-state index is 0.0678. The molecule has 0 spiro atoms. The smallest absolute Gasteiger partial charge is 0.265 e. The standard InChI is InChI=1S/C17H12N2OS2/c1-10-18-13-7-6-12(9-15(13)21-10)19-17(20)16-8-11-4-2-3-5-14(11)22-16/h2-9H,1H3,(H,19,20). The van der Waals surface area contributed by atoms with Crippen LogP contribution < -0.4 is 5.32 Å². The van der Waals surface area contributed by atoms with E-state index in [1.165, 1.54) is 11.3 Å². The molecule has 22 heavy (non-hydrogen) atoms. The summed E-state index contributed by atoms with van der Waals surface area (Å²) < 4.78 is 2.22. The summed E-state index contributed by atoms with van der Waals surface area (Å²) in [6.45, 7) is 1.99. The van der Waals surface area contributed by atoms with Crippen LogP contribution in [-0.4, -0.2) is 10.9 Å². The maximum atomic E-state index is 12.4. The van der Waals surface area contributed by atoms with Crippen molar-refractivity contribution in [3.05, 3.63) is 58.4 Å². The Morgan fingerprint density at radius 1 is 1.05 bits per heavy atom. The molecular formula is C17H12N2OS2. The third-order valence-corrected chi connectivity index (χ3v) is 5.45. The van der Waals surface area contributed by atoms with E-state index in [0.29, 0.717) is 0 Å². The first-order chi connectivity index (χ1) is 10.7. The molecule has 4 aromatic rings. The van der Waals surface area contributed by atoms with E-state index < -0.39 is 0 Å². The Bertz CT molecular complexity index is 967. The van der Waals surface area contributed by atoms with Crippen LogP contribution in [0.4, 0.5) is 5.69 Å². The van der Waals surface area contributed by atoms with Crippen molar-refractivity contribution >= 4 is 54.6 Å². The molecule has 2 aromatic carbocycles. The number of thiophene rings is 1. The summed E-state index contributed by atoms with van der Waals surface area (Å²) in [7, 11) is 0. The van der Waals surface area contributed by atoms with Gasteiger partial charge in [-0.1, -0.05) is 18.2 Å². The molecule has 1 amide bonds. The van der Waals surface area contributed by atoms with Crippen LogP contribution in [-0.2, 0) is 0 Å². The molecule has 4 rings (SSSR count). The van der Waals surface area contributed by atoms with E-state index in [9.17, 15) is 4.79 Å². The Labute approximate surface area is 135 Å². The second-order valence-electron chi connectivity index (χ2n) is 5.02. The second-order valence-corrected chi connectivity index (χ2v) is 7.34. The molecule has 0 bridgehead atoms. The van der Waals surface area contributed by atoms with Gasteiger partial charge in [0.05, 0.1) is 20.1 Å². The van der Waals surface area contributed by atoms with Gasteiger partial charge in [0.15, 0.2) is 0 Å². The van der Waals surface area contributed by atoms with Crippen LogP contribution in [0.25, 0.3) is 20.3 Å². The van der Waals surface area contributed by atoms with Crippen molar-refractivity contribution in [3.63, 3.8) is 0 Å². The van der Waals surface area contributed by atoms with Gasteiger partial charge in [0.1, 0.15) is 0 Å². The van der Waals surface area contributed by atoms with Gasteiger partial charge in [-0.05, 0) is 42.6 Å². The number of aromatic nitrogens is 1. The van der Waals surface area contributed by atoms with E-state index in [-0.39, 0.29) is 5.91 Å². The number of hydrogen-bond donors (Lipinski definition) is 1. The molecule has 0 fully saturated rings. The second kappa shape index (κ2) is 5.19. The highest BCUT2D eigenvalue weighted by Gasteiger charge is 2.11. The molecule has 108 valence electrons. The minimum Gasteiger partial charge on any atom is -0.321 e. The zero-order valence-electron chi connectivity index (χ0n) is 11.8.